The maximum Gasteiger partial charge on any atom is 0.416 e. The van der Waals surface area contributed by atoms with Crippen molar-refractivity contribution in [3.63, 3.8) is 0 Å². The van der Waals surface area contributed by atoms with E-state index in [2.05, 4.69) is 0 Å². The zero-order valence-electron chi connectivity index (χ0n) is 18.2. The Bertz CT molecular complexity index is 1160. The van der Waals surface area contributed by atoms with Crippen molar-refractivity contribution in [2.75, 3.05) is 13.1 Å². The van der Waals surface area contributed by atoms with Crippen LogP contribution in [0.1, 0.15) is 50.9 Å². The van der Waals surface area contributed by atoms with Crippen LogP contribution in [-0.2, 0) is 12.4 Å². The second-order valence-electron chi connectivity index (χ2n) is 8.51. The predicted molar refractivity (Wildman–Crippen MR) is 120 cm³/mol. The van der Waals surface area contributed by atoms with E-state index in [0.717, 1.165) is 11.1 Å². The Morgan fingerprint density at radius 2 is 1.31 bits per heavy atom. The lowest BCUT2D eigenvalue weighted by Gasteiger charge is -2.39. The number of hydrogen-bond donors (Lipinski definition) is 0. The maximum absolute atomic E-state index is 13.3. The van der Waals surface area contributed by atoms with Crippen LogP contribution in [0, 0.1) is 0 Å². The molecule has 4 rings (SSSR count). The molecule has 0 saturated carbocycles. The highest BCUT2D eigenvalue weighted by atomic mass is 35.5. The SMILES string of the molecule is O=C(c1cc(C(F)(F)F)cc(C(F)(F)F)c1)N1CC[C@H](c2ccccc2)[C@H](c2ccc(Cl)cc2)C1. The standard InChI is InChI=1S/C26H20ClF6NO/c27-21-8-6-17(7-9-21)23-15-34(11-10-22(23)16-4-2-1-3-5-16)24(35)18-12-19(25(28,29)30)14-20(13-18)26(31,32)33/h1-9,12-14,22-23H,10-11,15H2/t22-,23+/m1/s1. The quantitative estimate of drug-likeness (QED) is 0.329. The van der Waals surface area contributed by atoms with Gasteiger partial charge in [0.05, 0.1) is 11.1 Å². The molecule has 1 amide bonds. The van der Waals surface area contributed by atoms with Gasteiger partial charge in [0.25, 0.3) is 5.91 Å². The summed E-state index contributed by atoms with van der Waals surface area (Å²) in [6, 6.07) is 17.7. The summed E-state index contributed by atoms with van der Waals surface area (Å²) in [5.41, 5.74) is -1.74. The normalized spacial score (nSPS) is 19.0. The van der Waals surface area contributed by atoms with Crippen LogP contribution in [0.5, 0.6) is 0 Å². The van der Waals surface area contributed by atoms with Crippen LogP contribution in [0.4, 0.5) is 26.3 Å². The number of carbonyl (C=O) groups is 1. The molecule has 0 aromatic heterocycles. The van der Waals surface area contributed by atoms with Gasteiger partial charge in [-0.2, -0.15) is 26.3 Å². The van der Waals surface area contributed by atoms with E-state index in [9.17, 15) is 31.1 Å². The fourth-order valence-electron chi connectivity index (χ4n) is 4.54. The highest BCUT2D eigenvalue weighted by Crippen LogP contribution is 2.41. The molecule has 184 valence electrons. The van der Waals surface area contributed by atoms with E-state index in [-0.39, 0.29) is 31.0 Å². The summed E-state index contributed by atoms with van der Waals surface area (Å²) >= 11 is 6.02. The van der Waals surface area contributed by atoms with E-state index in [4.69, 9.17) is 11.6 Å². The molecule has 0 N–H and O–H groups in total. The molecule has 1 aliphatic rings. The summed E-state index contributed by atoms with van der Waals surface area (Å²) in [5.74, 6) is -1.08. The molecule has 0 aliphatic carbocycles. The highest BCUT2D eigenvalue weighted by Gasteiger charge is 2.39. The first-order valence-corrected chi connectivity index (χ1v) is 11.2. The van der Waals surface area contributed by atoms with Crippen molar-refractivity contribution in [3.05, 3.63) is 106 Å². The van der Waals surface area contributed by atoms with Crippen LogP contribution in [0.25, 0.3) is 0 Å². The molecule has 0 spiro atoms. The second-order valence-corrected chi connectivity index (χ2v) is 8.95. The lowest BCUT2D eigenvalue weighted by molar-refractivity contribution is -0.143. The number of hydrogen-bond acceptors (Lipinski definition) is 1. The van der Waals surface area contributed by atoms with Gasteiger partial charge in [-0.3, -0.25) is 4.79 Å². The molecule has 3 aromatic carbocycles. The van der Waals surface area contributed by atoms with Crippen LogP contribution in [0.3, 0.4) is 0 Å². The van der Waals surface area contributed by atoms with Gasteiger partial charge in [0.15, 0.2) is 0 Å². The minimum Gasteiger partial charge on any atom is -0.338 e. The fourth-order valence-corrected chi connectivity index (χ4v) is 4.67. The van der Waals surface area contributed by atoms with Gasteiger partial charge in [0.2, 0.25) is 0 Å². The van der Waals surface area contributed by atoms with Gasteiger partial charge in [-0.25, -0.2) is 0 Å². The molecule has 35 heavy (non-hydrogen) atoms. The molecular formula is C26H20ClF6NO. The third kappa shape index (κ3) is 5.64. The van der Waals surface area contributed by atoms with E-state index in [1.807, 2.05) is 42.5 Å². The third-order valence-electron chi connectivity index (χ3n) is 6.26. The van der Waals surface area contributed by atoms with E-state index < -0.39 is 35.0 Å². The Morgan fingerprint density at radius 1 is 0.771 bits per heavy atom. The van der Waals surface area contributed by atoms with Gasteiger partial charge in [-0.15, -0.1) is 0 Å². The van der Waals surface area contributed by atoms with Crippen LogP contribution in [0.2, 0.25) is 5.02 Å². The number of amides is 1. The molecule has 3 aromatic rings. The van der Waals surface area contributed by atoms with Gasteiger partial charge in [-0.1, -0.05) is 54.1 Å². The number of benzene rings is 3. The van der Waals surface area contributed by atoms with Crippen molar-refractivity contribution < 1.29 is 31.1 Å². The summed E-state index contributed by atoms with van der Waals surface area (Å²) in [4.78, 5) is 14.5. The topological polar surface area (TPSA) is 20.3 Å². The van der Waals surface area contributed by atoms with Crippen molar-refractivity contribution in [1.29, 1.82) is 0 Å². The molecule has 0 bridgehead atoms. The molecule has 2 atom stereocenters. The number of rotatable bonds is 3. The molecular weight excluding hydrogens is 492 g/mol. The summed E-state index contributed by atoms with van der Waals surface area (Å²) < 4.78 is 79.8. The molecule has 9 heteroatoms. The van der Waals surface area contributed by atoms with Crippen LogP contribution < -0.4 is 0 Å². The predicted octanol–water partition coefficient (Wildman–Crippen LogP) is 7.79. The Kier molecular flexibility index (Phi) is 6.86. The number of halogens is 7. The molecule has 0 radical (unpaired) electrons. The van der Waals surface area contributed by atoms with Gasteiger partial charge in [0, 0.05) is 29.6 Å². The summed E-state index contributed by atoms with van der Waals surface area (Å²) in [6.45, 7) is 0.331. The van der Waals surface area contributed by atoms with Crippen molar-refractivity contribution in [3.8, 4) is 0 Å². The Labute approximate surface area is 203 Å². The van der Waals surface area contributed by atoms with Crippen molar-refractivity contribution in [2.24, 2.45) is 0 Å². The zero-order chi connectivity index (χ0) is 25.4. The first kappa shape index (κ1) is 25.1. The molecule has 2 nitrogen and oxygen atoms in total. The highest BCUT2D eigenvalue weighted by molar-refractivity contribution is 6.30. The lowest BCUT2D eigenvalue weighted by atomic mass is 9.76. The average Bonchev–Trinajstić information content (AvgIpc) is 2.83. The van der Waals surface area contributed by atoms with Crippen LogP contribution in [-0.4, -0.2) is 23.9 Å². The molecule has 1 saturated heterocycles. The average molecular weight is 512 g/mol. The van der Waals surface area contributed by atoms with Gasteiger partial charge >= 0.3 is 12.4 Å². The fraction of sp³-hybridized carbons (Fsp3) is 0.269. The Balaban J connectivity index is 1.69. The Hall–Kier alpha value is -3.00. The molecule has 1 fully saturated rings. The second kappa shape index (κ2) is 9.57. The zero-order valence-corrected chi connectivity index (χ0v) is 19.0. The Morgan fingerprint density at radius 3 is 1.86 bits per heavy atom. The molecule has 1 heterocycles. The minimum atomic E-state index is -5.03. The minimum absolute atomic E-state index is 0.00803. The van der Waals surface area contributed by atoms with E-state index >= 15 is 0 Å². The van der Waals surface area contributed by atoms with E-state index in [1.165, 1.54) is 4.90 Å². The molecule has 1 aliphatic heterocycles. The monoisotopic (exact) mass is 511 g/mol. The number of nitrogens with zero attached hydrogens (tertiary/aromatic N) is 1. The maximum atomic E-state index is 13.3. The lowest BCUT2D eigenvalue weighted by Crippen LogP contribution is -2.42. The summed E-state index contributed by atoms with van der Waals surface area (Å²) in [5, 5.41) is 0.525. The smallest absolute Gasteiger partial charge is 0.338 e. The van der Waals surface area contributed by atoms with Gasteiger partial charge < -0.3 is 4.90 Å². The number of carbonyl (C=O) groups excluding carboxylic acids is 1. The van der Waals surface area contributed by atoms with Crippen LogP contribution in [0.15, 0.2) is 72.8 Å². The van der Waals surface area contributed by atoms with E-state index in [0.29, 0.717) is 23.6 Å². The van der Waals surface area contributed by atoms with Crippen molar-refractivity contribution in [2.45, 2.75) is 30.6 Å². The largest absolute Gasteiger partial charge is 0.416 e. The first-order valence-electron chi connectivity index (χ1n) is 10.8. The van der Waals surface area contributed by atoms with Crippen molar-refractivity contribution >= 4 is 17.5 Å². The molecule has 0 unspecified atom stereocenters. The van der Waals surface area contributed by atoms with Gasteiger partial charge in [0.1, 0.15) is 0 Å². The van der Waals surface area contributed by atoms with Crippen LogP contribution >= 0.6 is 11.6 Å². The van der Waals surface area contributed by atoms with E-state index in [1.54, 1.807) is 12.1 Å². The number of alkyl halides is 6. The summed E-state index contributed by atoms with van der Waals surface area (Å²) in [7, 11) is 0. The van der Waals surface area contributed by atoms with Crippen molar-refractivity contribution in [1.82, 2.24) is 4.90 Å². The summed E-state index contributed by atoms with van der Waals surface area (Å²) in [6.07, 6.45) is -9.56. The first-order chi connectivity index (χ1) is 16.4. The number of piperidine rings is 1. The third-order valence-corrected chi connectivity index (χ3v) is 6.51. The van der Waals surface area contributed by atoms with Gasteiger partial charge in [-0.05, 0) is 53.8 Å². The number of likely N-dealkylation sites (tertiary alicyclic amines) is 1.